The van der Waals surface area contributed by atoms with E-state index in [1.807, 2.05) is 12.1 Å². The van der Waals surface area contributed by atoms with E-state index in [9.17, 15) is 15.0 Å². The molecule has 0 unspecified atom stereocenters. The van der Waals surface area contributed by atoms with Crippen LogP contribution in [0.15, 0.2) is 42.9 Å². The van der Waals surface area contributed by atoms with Crippen molar-refractivity contribution in [2.75, 3.05) is 18.4 Å². The zero-order chi connectivity index (χ0) is 18.8. The van der Waals surface area contributed by atoms with Crippen molar-refractivity contribution in [3.63, 3.8) is 0 Å². The molecule has 1 aliphatic heterocycles. The molecule has 7 heteroatoms. The molecule has 2 aromatic rings. The predicted molar refractivity (Wildman–Crippen MR) is 100 cm³/mol. The van der Waals surface area contributed by atoms with Crippen LogP contribution in [-0.2, 0) is 6.54 Å². The number of anilines is 1. The van der Waals surface area contributed by atoms with E-state index >= 15 is 0 Å². The molecule has 1 aromatic carbocycles. The van der Waals surface area contributed by atoms with Gasteiger partial charge in [-0.05, 0) is 36.3 Å². The van der Waals surface area contributed by atoms with Gasteiger partial charge in [0.2, 0.25) is 0 Å². The quantitative estimate of drug-likeness (QED) is 0.741. The zero-order valence-corrected chi connectivity index (χ0v) is 15.0. The lowest BCUT2D eigenvalue weighted by atomic mass is 9.77. The zero-order valence-electron chi connectivity index (χ0n) is 15.0. The van der Waals surface area contributed by atoms with Crippen LogP contribution < -0.4 is 5.32 Å². The van der Waals surface area contributed by atoms with E-state index in [1.165, 1.54) is 0 Å². The van der Waals surface area contributed by atoms with Crippen LogP contribution in [0, 0.1) is 11.8 Å². The average Bonchev–Trinajstić information content (AvgIpc) is 3.04. The van der Waals surface area contributed by atoms with Gasteiger partial charge in [0, 0.05) is 32.0 Å². The molecule has 1 saturated heterocycles. The smallest absolute Gasteiger partial charge is 0.336 e. The van der Waals surface area contributed by atoms with Crippen LogP contribution in [0.3, 0.4) is 0 Å². The molecule has 2 heterocycles. The summed E-state index contributed by atoms with van der Waals surface area (Å²) in [6.45, 7) is 2.45. The Morgan fingerprint density at radius 1 is 1.19 bits per heavy atom. The Bertz CT molecular complexity index is 801. The van der Waals surface area contributed by atoms with E-state index in [1.54, 1.807) is 30.7 Å². The summed E-state index contributed by atoms with van der Waals surface area (Å²) in [7, 11) is 0. The number of benzene rings is 1. The van der Waals surface area contributed by atoms with E-state index in [0.717, 1.165) is 31.5 Å². The van der Waals surface area contributed by atoms with Gasteiger partial charge in [0.1, 0.15) is 5.82 Å². The van der Waals surface area contributed by atoms with Crippen molar-refractivity contribution in [1.82, 2.24) is 14.9 Å². The normalized spacial score (nSPS) is 27.9. The highest BCUT2D eigenvalue weighted by atomic mass is 16.4. The Morgan fingerprint density at radius 2 is 1.96 bits per heavy atom. The highest BCUT2D eigenvalue weighted by Gasteiger charge is 2.41. The van der Waals surface area contributed by atoms with Crippen molar-refractivity contribution in [3.05, 3.63) is 54.0 Å². The summed E-state index contributed by atoms with van der Waals surface area (Å²) in [5.74, 6) is 0.729. The third kappa shape index (κ3) is 3.94. The number of aliphatic hydroxyl groups is 1. The maximum Gasteiger partial charge on any atom is 0.336 e. The van der Waals surface area contributed by atoms with Gasteiger partial charge < -0.3 is 15.5 Å². The molecule has 0 radical (unpaired) electrons. The second-order valence-corrected chi connectivity index (χ2v) is 7.56. The lowest BCUT2D eigenvalue weighted by molar-refractivity contribution is 0.0694. The van der Waals surface area contributed by atoms with Gasteiger partial charge in [-0.25, -0.2) is 9.78 Å². The van der Waals surface area contributed by atoms with E-state index in [4.69, 9.17) is 0 Å². The predicted octanol–water partition coefficient (Wildman–Crippen LogP) is 1.86. The van der Waals surface area contributed by atoms with Gasteiger partial charge in [0.15, 0.2) is 0 Å². The maximum absolute atomic E-state index is 11.4. The molecule has 3 N–H and O–H groups in total. The van der Waals surface area contributed by atoms with Crippen molar-refractivity contribution >= 4 is 11.8 Å². The fourth-order valence-electron chi connectivity index (χ4n) is 4.48. The molecule has 4 rings (SSSR count). The van der Waals surface area contributed by atoms with E-state index in [0.29, 0.717) is 29.8 Å². The number of hydrogen-bond donors (Lipinski definition) is 3. The van der Waals surface area contributed by atoms with Crippen molar-refractivity contribution in [1.29, 1.82) is 0 Å². The van der Waals surface area contributed by atoms with Crippen LogP contribution in [0.2, 0.25) is 0 Å². The number of nitrogens with zero attached hydrogens (tertiary/aromatic N) is 3. The van der Waals surface area contributed by atoms with E-state index < -0.39 is 12.1 Å². The fourth-order valence-corrected chi connectivity index (χ4v) is 4.48. The molecule has 2 aliphatic rings. The van der Waals surface area contributed by atoms with Crippen LogP contribution in [0.1, 0.15) is 28.8 Å². The fraction of sp³-hybridized carbons (Fsp3) is 0.450. The molecule has 1 aliphatic carbocycles. The summed E-state index contributed by atoms with van der Waals surface area (Å²) in [6.07, 6.45) is 6.14. The average molecular weight is 368 g/mol. The third-order valence-corrected chi connectivity index (χ3v) is 5.76. The molecule has 2 fully saturated rings. The maximum atomic E-state index is 11.4. The molecule has 142 valence electrons. The molecule has 0 spiro atoms. The minimum atomic E-state index is -0.883. The molecule has 1 saturated carbocycles. The van der Waals surface area contributed by atoms with Crippen LogP contribution in [0.5, 0.6) is 0 Å². The second kappa shape index (κ2) is 7.62. The van der Waals surface area contributed by atoms with Gasteiger partial charge >= 0.3 is 5.97 Å². The Balaban J connectivity index is 1.41. The van der Waals surface area contributed by atoms with Gasteiger partial charge in [-0.15, -0.1) is 0 Å². The Hall–Kier alpha value is -2.51. The summed E-state index contributed by atoms with van der Waals surface area (Å²) >= 11 is 0. The lowest BCUT2D eigenvalue weighted by Gasteiger charge is -2.35. The number of carboxylic acids is 1. The Labute approximate surface area is 158 Å². The Morgan fingerprint density at radius 3 is 2.70 bits per heavy atom. The van der Waals surface area contributed by atoms with Gasteiger partial charge in [-0.3, -0.25) is 9.88 Å². The van der Waals surface area contributed by atoms with Crippen LogP contribution in [0.4, 0.5) is 5.82 Å². The molecule has 4 atom stereocenters. The highest BCUT2D eigenvalue weighted by Crippen LogP contribution is 2.38. The summed E-state index contributed by atoms with van der Waals surface area (Å²) in [5.41, 5.74) is 1.22. The molecule has 7 nitrogen and oxygen atoms in total. The number of aromatic nitrogens is 2. The highest BCUT2D eigenvalue weighted by molar-refractivity contribution is 5.89. The van der Waals surface area contributed by atoms with Crippen LogP contribution >= 0.6 is 0 Å². The van der Waals surface area contributed by atoms with Crippen LogP contribution in [-0.4, -0.2) is 56.3 Å². The summed E-state index contributed by atoms with van der Waals surface area (Å²) in [5, 5.41) is 23.3. The first-order valence-corrected chi connectivity index (χ1v) is 9.34. The largest absolute Gasteiger partial charge is 0.478 e. The Kier molecular flexibility index (Phi) is 5.05. The summed E-state index contributed by atoms with van der Waals surface area (Å²) in [6, 6.07) is 7.16. The number of aromatic carboxylic acids is 1. The van der Waals surface area contributed by atoms with Crippen molar-refractivity contribution in [2.45, 2.75) is 31.5 Å². The summed E-state index contributed by atoms with van der Waals surface area (Å²) < 4.78 is 0. The minimum Gasteiger partial charge on any atom is -0.478 e. The first-order chi connectivity index (χ1) is 13.1. The summed E-state index contributed by atoms with van der Waals surface area (Å²) in [4.78, 5) is 22.0. The molecule has 0 bridgehead atoms. The van der Waals surface area contributed by atoms with Gasteiger partial charge in [0.25, 0.3) is 0 Å². The number of carboxylic acid groups (broad SMARTS) is 1. The standard InChI is InChI=1S/C20H24N4O3/c25-18-8-15-12-24(10-13-3-1-2-4-16(13)20(26)27)11-14(15)7-17(18)23-19-9-21-5-6-22-19/h1-6,9,14-15,17-18,25H,7-8,10-12H2,(H,22,23)(H,26,27)/t14-,15+,17-,18-/m1/s1. The molecular formula is C20H24N4O3. The number of likely N-dealkylation sites (tertiary alicyclic amines) is 1. The van der Waals surface area contributed by atoms with Gasteiger partial charge in [0.05, 0.1) is 23.9 Å². The van der Waals surface area contributed by atoms with E-state index in [2.05, 4.69) is 20.2 Å². The topological polar surface area (TPSA) is 98.6 Å². The molecule has 1 aromatic heterocycles. The number of nitrogens with one attached hydrogen (secondary N) is 1. The monoisotopic (exact) mass is 368 g/mol. The van der Waals surface area contributed by atoms with Gasteiger partial charge in [-0.2, -0.15) is 0 Å². The SMILES string of the molecule is O=C(O)c1ccccc1CN1C[C@H]2C[C@@H](Nc3cnccn3)[C@H](O)C[C@H]2C1. The van der Waals surface area contributed by atoms with Crippen molar-refractivity contribution < 1.29 is 15.0 Å². The molecular weight excluding hydrogens is 344 g/mol. The third-order valence-electron chi connectivity index (χ3n) is 5.76. The minimum absolute atomic E-state index is 0.0331. The second-order valence-electron chi connectivity index (χ2n) is 7.56. The lowest BCUT2D eigenvalue weighted by Crippen LogP contribution is -2.43. The first kappa shape index (κ1) is 17.9. The first-order valence-electron chi connectivity index (χ1n) is 9.34. The van der Waals surface area contributed by atoms with Crippen molar-refractivity contribution in [3.8, 4) is 0 Å². The van der Waals surface area contributed by atoms with E-state index in [-0.39, 0.29) is 6.04 Å². The number of hydrogen-bond acceptors (Lipinski definition) is 6. The number of fused-ring (bicyclic) bond motifs is 1. The van der Waals surface area contributed by atoms with Crippen LogP contribution in [0.25, 0.3) is 0 Å². The van der Waals surface area contributed by atoms with Crippen molar-refractivity contribution in [2.24, 2.45) is 11.8 Å². The number of rotatable bonds is 5. The molecule has 0 amide bonds. The van der Waals surface area contributed by atoms with Gasteiger partial charge in [-0.1, -0.05) is 18.2 Å². The number of aliphatic hydroxyl groups excluding tert-OH is 1. The molecule has 27 heavy (non-hydrogen) atoms. The number of carbonyl (C=O) groups is 1.